The summed E-state index contributed by atoms with van der Waals surface area (Å²) in [6, 6.07) is 14.1. The molecular weight excluding hydrogens is 298 g/mol. The van der Waals surface area contributed by atoms with E-state index in [0.717, 1.165) is 27.8 Å². The van der Waals surface area contributed by atoms with Gasteiger partial charge in [0.15, 0.2) is 0 Å². The van der Waals surface area contributed by atoms with E-state index in [0.29, 0.717) is 18.0 Å². The van der Waals surface area contributed by atoms with Gasteiger partial charge in [-0.1, -0.05) is 38.1 Å². The van der Waals surface area contributed by atoms with Gasteiger partial charge >= 0.3 is 5.63 Å². The van der Waals surface area contributed by atoms with Gasteiger partial charge in [0.05, 0.1) is 0 Å². The van der Waals surface area contributed by atoms with E-state index in [1.165, 1.54) is 5.56 Å². The van der Waals surface area contributed by atoms with E-state index in [1.54, 1.807) is 6.07 Å². The predicted molar refractivity (Wildman–Crippen MR) is 99.8 cm³/mol. The molecule has 2 aromatic carbocycles. The van der Waals surface area contributed by atoms with Gasteiger partial charge in [0.1, 0.15) is 5.58 Å². The number of benzene rings is 2. The summed E-state index contributed by atoms with van der Waals surface area (Å²) in [6.45, 7) is 8.97. The first-order valence-electron chi connectivity index (χ1n) is 8.32. The minimum absolute atomic E-state index is 0.302. The van der Waals surface area contributed by atoms with Crippen LogP contribution in [0.5, 0.6) is 0 Å². The molecule has 0 bridgehead atoms. The second-order valence-corrected chi connectivity index (χ2v) is 6.61. The van der Waals surface area contributed by atoms with Crippen LogP contribution in [0.15, 0.2) is 51.7 Å². The maximum absolute atomic E-state index is 11.9. The molecule has 0 spiro atoms. The average molecular weight is 321 g/mol. The molecule has 24 heavy (non-hydrogen) atoms. The molecule has 0 saturated heterocycles. The SMILES string of the molecule is Cc1ccc2c(CNc3cccc(C(C)C)c3)cc(=O)oc2c1C. The molecule has 3 nitrogen and oxygen atoms in total. The van der Waals surface area contributed by atoms with E-state index >= 15 is 0 Å². The largest absolute Gasteiger partial charge is 0.422 e. The molecule has 0 atom stereocenters. The van der Waals surface area contributed by atoms with Crippen molar-refractivity contribution in [3.05, 3.63) is 75.1 Å². The summed E-state index contributed by atoms with van der Waals surface area (Å²) < 4.78 is 5.43. The van der Waals surface area contributed by atoms with Crippen molar-refractivity contribution in [1.82, 2.24) is 0 Å². The zero-order valence-corrected chi connectivity index (χ0v) is 14.6. The third kappa shape index (κ3) is 3.21. The van der Waals surface area contributed by atoms with E-state index < -0.39 is 0 Å². The number of fused-ring (bicyclic) bond motifs is 1. The molecular formula is C21H23NO2. The Hall–Kier alpha value is -2.55. The average Bonchev–Trinajstić information content (AvgIpc) is 2.56. The first-order valence-corrected chi connectivity index (χ1v) is 8.32. The Morgan fingerprint density at radius 1 is 1.08 bits per heavy atom. The second kappa shape index (κ2) is 6.52. The van der Waals surface area contributed by atoms with Crippen LogP contribution in [0.1, 0.15) is 42.0 Å². The zero-order chi connectivity index (χ0) is 17.3. The van der Waals surface area contributed by atoms with Gasteiger partial charge in [-0.3, -0.25) is 0 Å². The van der Waals surface area contributed by atoms with E-state index in [4.69, 9.17) is 4.42 Å². The number of nitrogens with one attached hydrogen (secondary N) is 1. The maximum atomic E-state index is 11.9. The van der Waals surface area contributed by atoms with Crippen molar-refractivity contribution >= 4 is 16.7 Å². The summed E-state index contributed by atoms with van der Waals surface area (Å²) in [6.07, 6.45) is 0. The molecule has 0 aliphatic rings. The molecule has 0 saturated carbocycles. The number of rotatable bonds is 4. The van der Waals surface area contributed by atoms with Gasteiger partial charge in [-0.05, 0) is 54.2 Å². The van der Waals surface area contributed by atoms with E-state index in [9.17, 15) is 4.79 Å². The molecule has 124 valence electrons. The van der Waals surface area contributed by atoms with E-state index in [2.05, 4.69) is 49.5 Å². The normalized spacial score (nSPS) is 11.2. The van der Waals surface area contributed by atoms with Gasteiger partial charge in [0.25, 0.3) is 0 Å². The molecule has 0 unspecified atom stereocenters. The number of hydrogen-bond donors (Lipinski definition) is 1. The molecule has 0 amide bonds. The molecule has 0 fully saturated rings. The molecule has 3 aromatic rings. The smallest absolute Gasteiger partial charge is 0.336 e. The lowest BCUT2D eigenvalue weighted by atomic mass is 10.0. The van der Waals surface area contributed by atoms with Gasteiger partial charge in [0, 0.05) is 23.7 Å². The zero-order valence-electron chi connectivity index (χ0n) is 14.6. The molecule has 0 aliphatic heterocycles. The van der Waals surface area contributed by atoms with Crippen LogP contribution >= 0.6 is 0 Å². The van der Waals surface area contributed by atoms with Gasteiger partial charge in [-0.15, -0.1) is 0 Å². The first-order chi connectivity index (χ1) is 11.5. The first kappa shape index (κ1) is 16.3. The molecule has 3 heteroatoms. The van der Waals surface area contributed by atoms with Crippen LogP contribution in [0, 0.1) is 13.8 Å². The Morgan fingerprint density at radius 2 is 1.88 bits per heavy atom. The highest BCUT2D eigenvalue weighted by Gasteiger charge is 2.09. The van der Waals surface area contributed by atoms with Crippen molar-refractivity contribution in [2.75, 3.05) is 5.32 Å². The minimum Gasteiger partial charge on any atom is -0.422 e. The summed E-state index contributed by atoms with van der Waals surface area (Å²) >= 11 is 0. The van der Waals surface area contributed by atoms with Crippen LogP contribution < -0.4 is 10.9 Å². The molecule has 3 rings (SSSR count). The van der Waals surface area contributed by atoms with Gasteiger partial charge in [-0.25, -0.2) is 4.79 Å². The highest BCUT2D eigenvalue weighted by Crippen LogP contribution is 2.24. The van der Waals surface area contributed by atoms with Crippen molar-refractivity contribution in [2.45, 2.75) is 40.2 Å². The summed E-state index contributed by atoms with van der Waals surface area (Å²) in [7, 11) is 0. The third-order valence-corrected chi connectivity index (χ3v) is 4.55. The molecule has 1 N–H and O–H groups in total. The van der Waals surface area contributed by atoms with Crippen molar-refractivity contribution in [3.63, 3.8) is 0 Å². The summed E-state index contributed by atoms with van der Waals surface area (Å²) in [5.74, 6) is 0.488. The van der Waals surface area contributed by atoms with E-state index in [1.807, 2.05) is 19.9 Å². The highest BCUT2D eigenvalue weighted by molar-refractivity contribution is 5.84. The van der Waals surface area contributed by atoms with Crippen LogP contribution in [-0.2, 0) is 6.54 Å². The number of anilines is 1. The second-order valence-electron chi connectivity index (χ2n) is 6.61. The monoisotopic (exact) mass is 321 g/mol. The third-order valence-electron chi connectivity index (χ3n) is 4.55. The van der Waals surface area contributed by atoms with Crippen molar-refractivity contribution in [3.8, 4) is 0 Å². The van der Waals surface area contributed by atoms with Gasteiger partial charge in [-0.2, -0.15) is 0 Å². The lowest BCUT2D eigenvalue weighted by molar-refractivity contribution is 0.556. The highest BCUT2D eigenvalue weighted by atomic mass is 16.4. The Labute approximate surface area is 142 Å². The van der Waals surface area contributed by atoms with Crippen molar-refractivity contribution < 1.29 is 4.42 Å². The minimum atomic E-state index is -0.302. The Morgan fingerprint density at radius 3 is 2.62 bits per heavy atom. The fourth-order valence-corrected chi connectivity index (χ4v) is 2.88. The quantitative estimate of drug-likeness (QED) is 0.676. The summed E-state index contributed by atoms with van der Waals surface area (Å²) in [4.78, 5) is 11.9. The van der Waals surface area contributed by atoms with Crippen LogP contribution in [0.4, 0.5) is 5.69 Å². The topological polar surface area (TPSA) is 42.2 Å². The molecule has 1 aromatic heterocycles. The van der Waals surface area contributed by atoms with Crippen molar-refractivity contribution in [2.24, 2.45) is 0 Å². The predicted octanol–water partition coefficient (Wildman–Crippen LogP) is 5.15. The standard InChI is InChI=1S/C21H23NO2/c1-13(2)16-6-5-7-18(10-16)22-12-17-11-20(23)24-21-15(4)14(3)8-9-19(17)21/h5-11,13,22H,12H2,1-4H3. The Balaban J connectivity index is 1.95. The number of aryl methyl sites for hydroxylation is 2. The molecule has 0 radical (unpaired) electrons. The van der Waals surface area contributed by atoms with Crippen molar-refractivity contribution in [1.29, 1.82) is 0 Å². The molecule has 1 heterocycles. The molecule has 0 aliphatic carbocycles. The Bertz CT molecular complexity index is 938. The number of hydrogen-bond acceptors (Lipinski definition) is 3. The lowest BCUT2D eigenvalue weighted by Crippen LogP contribution is -2.07. The van der Waals surface area contributed by atoms with Crippen LogP contribution in [0.3, 0.4) is 0 Å². The van der Waals surface area contributed by atoms with Gasteiger partial charge < -0.3 is 9.73 Å². The van der Waals surface area contributed by atoms with Crippen LogP contribution in [-0.4, -0.2) is 0 Å². The fraction of sp³-hybridized carbons (Fsp3) is 0.286. The summed E-state index contributed by atoms with van der Waals surface area (Å²) in [5, 5.41) is 4.42. The Kier molecular flexibility index (Phi) is 4.43. The fourth-order valence-electron chi connectivity index (χ4n) is 2.88. The van der Waals surface area contributed by atoms with Crippen LogP contribution in [0.25, 0.3) is 11.0 Å². The summed E-state index contributed by atoms with van der Waals surface area (Å²) in [5.41, 5.74) is 5.85. The maximum Gasteiger partial charge on any atom is 0.336 e. The van der Waals surface area contributed by atoms with Gasteiger partial charge in [0.2, 0.25) is 0 Å². The van der Waals surface area contributed by atoms with Crippen LogP contribution in [0.2, 0.25) is 0 Å². The lowest BCUT2D eigenvalue weighted by Gasteiger charge is -2.12. The van der Waals surface area contributed by atoms with E-state index in [-0.39, 0.29) is 5.63 Å².